The number of carbonyl (C=O) groups is 5. The lowest BCUT2D eigenvalue weighted by Gasteiger charge is -2.31. The second kappa shape index (κ2) is 15.9. The third-order valence-electron chi connectivity index (χ3n) is 7.86. The van der Waals surface area contributed by atoms with Crippen LogP contribution in [-0.2, 0) is 30.4 Å². The number of aliphatic hydroxyl groups excluding tert-OH is 1. The third-order valence-corrected chi connectivity index (χ3v) is 7.86. The van der Waals surface area contributed by atoms with E-state index < -0.39 is 42.0 Å². The first-order valence-corrected chi connectivity index (χ1v) is 16.0. The third kappa shape index (κ3) is 9.31. The summed E-state index contributed by atoms with van der Waals surface area (Å²) < 4.78 is 26.8. The molecule has 2 aromatic rings. The Kier molecular flexibility index (Phi) is 11.9. The number of ether oxygens (including phenoxy) is 5. The molecule has 2 heterocycles. The van der Waals surface area contributed by atoms with Gasteiger partial charge in [0, 0.05) is 24.7 Å². The van der Waals surface area contributed by atoms with Gasteiger partial charge in [-0.05, 0) is 70.7 Å². The van der Waals surface area contributed by atoms with E-state index in [1.165, 1.54) is 33.3 Å². The molecule has 0 spiro atoms. The molecular weight excluding hydrogens is 640 g/mol. The molecule has 49 heavy (non-hydrogen) atoms. The maximum Gasteiger partial charge on any atom is 0.416 e. The first-order chi connectivity index (χ1) is 23.2. The van der Waals surface area contributed by atoms with Gasteiger partial charge in [0.1, 0.15) is 18.2 Å². The van der Waals surface area contributed by atoms with Crippen LogP contribution in [0.15, 0.2) is 36.4 Å². The number of aliphatic hydroxyl groups is 1. The number of alkyl carbamates (subject to hydrolysis) is 1. The van der Waals surface area contributed by atoms with Gasteiger partial charge in [-0.25, -0.2) is 14.5 Å². The molecule has 2 aromatic carbocycles. The standard InChI is InChI=1S/C34H44N4O11/c1-20(35-32(43)49-34(2,3)4)29(40)36-22-13-11-21(12-14-22)19-48-33(44)38-25-18-27(47-16-8-10-28(39)46-6)26(45-5)17-23(25)30(41)37-15-7-9-24(37)31(38)42/h11-14,17-18,20,24,31,42H,7-10,15-16,19H2,1-6H3,(H,35,43)(H,36,40). The van der Waals surface area contributed by atoms with Crippen LogP contribution in [0.25, 0.3) is 0 Å². The summed E-state index contributed by atoms with van der Waals surface area (Å²) in [5.74, 6) is -0.761. The van der Waals surface area contributed by atoms with E-state index in [-0.39, 0.29) is 54.3 Å². The Morgan fingerprint density at radius 1 is 1.06 bits per heavy atom. The molecule has 0 bridgehead atoms. The van der Waals surface area contributed by atoms with Crippen molar-refractivity contribution < 1.29 is 52.8 Å². The average molecular weight is 685 g/mol. The van der Waals surface area contributed by atoms with E-state index >= 15 is 0 Å². The van der Waals surface area contributed by atoms with Crippen LogP contribution < -0.4 is 25.0 Å². The topological polar surface area (TPSA) is 182 Å². The summed E-state index contributed by atoms with van der Waals surface area (Å²) in [7, 11) is 2.72. The zero-order chi connectivity index (χ0) is 35.9. The van der Waals surface area contributed by atoms with Gasteiger partial charge in [-0.15, -0.1) is 0 Å². The van der Waals surface area contributed by atoms with Crippen LogP contribution in [0.5, 0.6) is 11.5 Å². The molecule has 15 nitrogen and oxygen atoms in total. The minimum absolute atomic E-state index is 0.0906. The number of nitrogens with zero attached hydrogens (tertiary/aromatic N) is 2. The van der Waals surface area contributed by atoms with Crippen LogP contribution in [-0.4, -0.2) is 91.3 Å². The van der Waals surface area contributed by atoms with Gasteiger partial charge in [0.05, 0.1) is 38.1 Å². The Bertz CT molecular complexity index is 1540. The summed E-state index contributed by atoms with van der Waals surface area (Å²) in [5, 5.41) is 16.7. The molecule has 2 aliphatic heterocycles. The normalized spacial score (nSPS) is 17.6. The molecule has 4 rings (SSSR count). The number of fused-ring (bicyclic) bond motifs is 2. The van der Waals surface area contributed by atoms with Crippen LogP contribution in [0.2, 0.25) is 0 Å². The molecule has 1 fully saturated rings. The van der Waals surface area contributed by atoms with Crippen molar-refractivity contribution in [3.8, 4) is 11.5 Å². The number of hydrogen-bond donors (Lipinski definition) is 3. The van der Waals surface area contributed by atoms with E-state index in [4.69, 9.17) is 18.9 Å². The summed E-state index contributed by atoms with van der Waals surface area (Å²) in [6, 6.07) is 7.92. The molecule has 1 saturated heterocycles. The minimum Gasteiger partial charge on any atom is -0.493 e. The van der Waals surface area contributed by atoms with Crippen LogP contribution in [0, 0.1) is 0 Å². The van der Waals surface area contributed by atoms with Crippen molar-refractivity contribution in [2.75, 3.05) is 37.6 Å². The quantitative estimate of drug-likeness (QED) is 0.177. The minimum atomic E-state index is -1.41. The SMILES string of the molecule is COC(=O)CCCOc1cc2c(cc1OC)C(=O)N1CCCC1C(O)N2C(=O)OCc1ccc(NC(=O)C(C)NC(=O)OC(C)(C)C)cc1. The maximum atomic E-state index is 13.7. The average Bonchev–Trinajstić information content (AvgIpc) is 3.52. The molecule has 0 saturated carbocycles. The lowest BCUT2D eigenvalue weighted by atomic mass is 10.1. The molecule has 15 heteroatoms. The molecule has 0 aromatic heterocycles. The van der Waals surface area contributed by atoms with E-state index in [9.17, 15) is 29.1 Å². The number of anilines is 2. The molecule has 3 unspecified atom stereocenters. The Labute approximate surface area is 284 Å². The zero-order valence-corrected chi connectivity index (χ0v) is 28.6. The van der Waals surface area contributed by atoms with Crippen LogP contribution in [0.1, 0.15) is 69.3 Å². The van der Waals surface area contributed by atoms with Crippen LogP contribution in [0.3, 0.4) is 0 Å². The van der Waals surface area contributed by atoms with Crippen molar-refractivity contribution in [3.05, 3.63) is 47.5 Å². The van der Waals surface area contributed by atoms with E-state index in [0.717, 1.165) is 4.90 Å². The van der Waals surface area contributed by atoms with E-state index in [1.54, 1.807) is 49.9 Å². The van der Waals surface area contributed by atoms with E-state index in [1.807, 2.05) is 0 Å². The molecule has 0 radical (unpaired) electrons. The molecule has 0 aliphatic carbocycles. The first-order valence-electron chi connectivity index (χ1n) is 16.0. The number of hydrogen-bond acceptors (Lipinski definition) is 11. The fraction of sp³-hybridized carbons (Fsp3) is 0.500. The van der Waals surface area contributed by atoms with E-state index in [0.29, 0.717) is 37.1 Å². The predicted octanol–water partition coefficient (Wildman–Crippen LogP) is 3.96. The molecule has 2 aliphatic rings. The molecule has 3 atom stereocenters. The number of rotatable bonds is 11. The van der Waals surface area contributed by atoms with Crippen molar-refractivity contribution >= 4 is 41.3 Å². The summed E-state index contributed by atoms with van der Waals surface area (Å²) in [4.78, 5) is 66.0. The van der Waals surface area contributed by atoms with E-state index in [2.05, 4.69) is 15.4 Å². The second-order valence-electron chi connectivity index (χ2n) is 12.6. The van der Waals surface area contributed by atoms with Gasteiger partial charge in [0.15, 0.2) is 17.7 Å². The Morgan fingerprint density at radius 2 is 1.78 bits per heavy atom. The van der Waals surface area contributed by atoms with Gasteiger partial charge < -0.3 is 44.3 Å². The van der Waals surface area contributed by atoms with Gasteiger partial charge >= 0.3 is 18.2 Å². The van der Waals surface area contributed by atoms with Gasteiger partial charge in [0.25, 0.3) is 5.91 Å². The fourth-order valence-corrected chi connectivity index (χ4v) is 5.42. The number of esters is 1. The molecule has 4 amide bonds. The van der Waals surface area contributed by atoms with Crippen molar-refractivity contribution in [2.24, 2.45) is 0 Å². The second-order valence-corrected chi connectivity index (χ2v) is 12.6. The van der Waals surface area contributed by atoms with Gasteiger partial charge in [-0.3, -0.25) is 14.4 Å². The first kappa shape index (κ1) is 36.8. The maximum absolute atomic E-state index is 13.7. The summed E-state index contributed by atoms with van der Waals surface area (Å²) >= 11 is 0. The summed E-state index contributed by atoms with van der Waals surface area (Å²) in [5.41, 5.74) is 0.546. The predicted molar refractivity (Wildman–Crippen MR) is 176 cm³/mol. The summed E-state index contributed by atoms with van der Waals surface area (Å²) in [6.07, 6.45) is -1.39. The van der Waals surface area contributed by atoms with Gasteiger partial charge in [-0.1, -0.05) is 12.1 Å². The number of methoxy groups -OCH3 is 2. The van der Waals surface area contributed by atoms with Gasteiger partial charge in [0.2, 0.25) is 5.91 Å². The number of benzene rings is 2. The monoisotopic (exact) mass is 684 g/mol. The number of carbonyl (C=O) groups excluding carboxylic acids is 5. The fourth-order valence-electron chi connectivity index (χ4n) is 5.42. The summed E-state index contributed by atoms with van der Waals surface area (Å²) in [6.45, 7) is 7.03. The Balaban J connectivity index is 1.47. The Morgan fingerprint density at radius 3 is 2.43 bits per heavy atom. The molecule has 266 valence electrons. The smallest absolute Gasteiger partial charge is 0.416 e. The molecular formula is C34H44N4O11. The van der Waals surface area contributed by atoms with Gasteiger partial charge in [-0.2, -0.15) is 0 Å². The lowest BCUT2D eigenvalue weighted by molar-refractivity contribution is -0.140. The highest BCUT2D eigenvalue weighted by molar-refractivity contribution is 6.06. The van der Waals surface area contributed by atoms with Crippen molar-refractivity contribution in [3.63, 3.8) is 0 Å². The van der Waals surface area contributed by atoms with Crippen LogP contribution >= 0.6 is 0 Å². The largest absolute Gasteiger partial charge is 0.493 e. The molecule has 3 N–H and O–H groups in total. The highest BCUT2D eigenvalue weighted by Gasteiger charge is 2.45. The van der Waals surface area contributed by atoms with Crippen LogP contribution in [0.4, 0.5) is 21.0 Å². The highest BCUT2D eigenvalue weighted by Crippen LogP contribution is 2.41. The lowest BCUT2D eigenvalue weighted by Crippen LogP contribution is -2.50. The highest BCUT2D eigenvalue weighted by atomic mass is 16.6. The number of amides is 4. The van der Waals surface area contributed by atoms with Crippen molar-refractivity contribution in [2.45, 2.75) is 83.9 Å². The Hall–Kier alpha value is -5.05. The number of nitrogens with one attached hydrogen (secondary N) is 2. The zero-order valence-electron chi connectivity index (χ0n) is 28.6. The van der Waals surface area contributed by atoms with Crippen molar-refractivity contribution in [1.82, 2.24) is 10.2 Å². The van der Waals surface area contributed by atoms with Crippen molar-refractivity contribution in [1.29, 1.82) is 0 Å².